The van der Waals surface area contributed by atoms with Crippen LogP contribution in [0.25, 0.3) is 11.2 Å². The zero-order valence-corrected chi connectivity index (χ0v) is 17.7. The Labute approximate surface area is 172 Å². The zero-order chi connectivity index (χ0) is 22.0. The number of nitrogen functional groups attached to an aromatic ring is 1. The minimum atomic E-state index is -4.44. The third kappa shape index (κ3) is 2.98. The summed E-state index contributed by atoms with van der Waals surface area (Å²) in [7, 11) is -4.44. The largest absolute Gasteiger partial charge is 0.387 e. The number of anilines is 1. The van der Waals surface area contributed by atoms with E-state index < -0.39 is 49.5 Å². The second kappa shape index (κ2) is 7.20. The van der Waals surface area contributed by atoms with Crippen LogP contribution in [0, 0.1) is 0 Å². The summed E-state index contributed by atoms with van der Waals surface area (Å²) in [5, 5.41) is 31.3. The van der Waals surface area contributed by atoms with Crippen LogP contribution in [0.5, 0.6) is 0 Å². The van der Waals surface area contributed by atoms with Crippen LogP contribution in [0.1, 0.15) is 51.6 Å². The highest BCUT2D eigenvalue weighted by molar-refractivity contribution is 7.53. The molecule has 2 bridgehead atoms. The molecule has 0 spiro atoms. The number of fused-ring (bicyclic) bond motifs is 6. The van der Waals surface area contributed by atoms with Crippen LogP contribution >= 0.6 is 7.60 Å². The molecular formula is C17H26N5O7P. The Kier molecular flexibility index (Phi) is 5.17. The number of nitrogens with zero attached hydrogens (tertiary/aromatic N) is 4. The van der Waals surface area contributed by atoms with Gasteiger partial charge in [-0.1, -0.05) is 13.8 Å². The second-order valence-corrected chi connectivity index (χ2v) is 9.84. The predicted molar refractivity (Wildman–Crippen MR) is 104 cm³/mol. The van der Waals surface area contributed by atoms with E-state index in [2.05, 4.69) is 15.0 Å². The molecule has 2 aliphatic heterocycles. The molecule has 2 aliphatic rings. The Morgan fingerprint density at radius 3 is 2.70 bits per heavy atom. The Morgan fingerprint density at radius 1 is 1.37 bits per heavy atom. The van der Waals surface area contributed by atoms with Gasteiger partial charge in [0.05, 0.1) is 11.5 Å². The van der Waals surface area contributed by atoms with E-state index in [-0.39, 0.29) is 24.2 Å². The van der Waals surface area contributed by atoms with Gasteiger partial charge in [0.25, 0.3) is 0 Å². The van der Waals surface area contributed by atoms with E-state index in [1.165, 1.54) is 10.9 Å². The lowest BCUT2D eigenvalue weighted by atomic mass is 9.80. The molecule has 12 nitrogen and oxygen atoms in total. The number of aromatic nitrogens is 4. The van der Waals surface area contributed by atoms with Gasteiger partial charge in [-0.15, -0.1) is 0 Å². The summed E-state index contributed by atoms with van der Waals surface area (Å²) in [5.41, 5.74) is 5.15. The average molecular weight is 443 g/mol. The van der Waals surface area contributed by atoms with Crippen LogP contribution in [0.2, 0.25) is 0 Å². The molecule has 4 rings (SSSR count). The summed E-state index contributed by atoms with van der Waals surface area (Å²) in [6.45, 7) is 4.89. The summed E-state index contributed by atoms with van der Waals surface area (Å²) < 4.78 is 25.8. The summed E-state index contributed by atoms with van der Waals surface area (Å²) in [6.07, 6.45) is -3.01. The normalized spacial score (nSPS) is 33.1. The van der Waals surface area contributed by atoms with Crippen molar-refractivity contribution in [3.8, 4) is 0 Å². The van der Waals surface area contributed by atoms with Gasteiger partial charge in [-0.2, -0.15) is 0 Å². The average Bonchev–Trinajstić information content (AvgIpc) is 3.20. The smallest absolute Gasteiger partial charge is 0.356 e. The number of ether oxygens (including phenoxy) is 1. The third-order valence-corrected chi connectivity index (χ3v) is 7.91. The highest BCUT2D eigenvalue weighted by Gasteiger charge is 2.60. The maximum atomic E-state index is 12.7. The number of rotatable bonds is 6. The molecule has 1 fully saturated rings. The SMILES string of the molecule is CCC(O)P(=O)(O)OC(C)(CC)C1c2nc3c(N)ncnc3n2[C@H]2O[C@H]1[C@@H](O)[C@H]2O. The van der Waals surface area contributed by atoms with E-state index in [1.807, 2.05) is 0 Å². The van der Waals surface area contributed by atoms with E-state index in [9.17, 15) is 24.8 Å². The van der Waals surface area contributed by atoms with Gasteiger partial charge in [0, 0.05) is 0 Å². The van der Waals surface area contributed by atoms with Crippen LogP contribution in [0.4, 0.5) is 5.82 Å². The number of hydrogen-bond donors (Lipinski definition) is 5. The Balaban J connectivity index is 1.90. The molecule has 6 N–H and O–H groups in total. The van der Waals surface area contributed by atoms with Gasteiger partial charge in [-0.05, 0) is 19.8 Å². The molecule has 13 heteroatoms. The molecule has 1 saturated heterocycles. The standard InChI is InChI=1S/C17H26N5O7P/c1-4-7(23)30(26,27)29-17(3,5-2)8-12-10(24)11(25)16(28-12)22-14(8)21-9-13(18)19-6-20-15(9)22/h6-8,10-12,16,23-25H,4-5H2,1-3H3,(H,26,27)(H2,18,19,20)/t7?,8?,10-,11+,12+,16-,17?/m0/s1. The maximum absolute atomic E-state index is 12.7. The number of aliphatic hydroxyl groups excluding tert-OH is 3. The topological polar surface area (TPSA) is 186 Å². The van der Waals surface area contributed by atoms with E-state index >= 15 is 0 Å². The van der Waals surface area contributed by atoms with Gasteiger partial charge in [0.15, 0.2) is 29.1 Å². The second-order valence-electron chi connectivity index (χ2n) is 7.93. The molecule has 0 saturated carbocycles. The first-order valence-corrected chi connectivity index (χ1v) is 11.4. The van der Waals surface area contributed by atoms with E-state index in [0.29, 0.717) is 11.5 Å². The molecule has 8 atom stereocenters. The van der Waals surface area contributed by atoms with Crippen molar-refractivity contribution in [2.45, 2.75) is 75.5 Å². The fraction of sp³-hybridized carbons (Fsp3) is 0.706. The number of hydrogen-bond acceptors (Lipinski definition) is 10. The molecule has 2 aromatic heterocycles. The molecule has 4 heterocycles. The Morgan fingerprint density at radius 2 is 2.07 bits per heavy atom. The van der Waals surface area contributed by atoms with Crippen molar-refractivity contribution in [2.24, 2.45) is 0 Å². The fourth-order valence-corrected chi connectivity index (χ4v) is 5.71. The molecule has 0 aromatic carbocycles. The molecule has 0 radical (unpaired) electrons. The van der Waals surface area contributed by atoms with Crippen LogP contribution in [-0.4, -0.2) is 69.5 Å². The first kappa shape index (κ1) is 21.6. The van der Waals surface area contributed by atoms with Gasteiger partial charge < -0.3 is 30.7 Å². The summed E-state index contributed by atoms with van der Waals surface area (Å²) in [6, 6.07) is 0. The summed E-state index contributed by atoms with van der Waals surface area (Å²) in [4.78, 5) is 23.0. The zero-order valence-electron chi connectivity index (χ0n) is 16.8. The van der Waals surface area contributed by atoms with Crippen molar-refractivity contribution in [1.29, 1.82) is 0 Å². The first-order valence-electron chi connectivity index (χ1n) is 9.77. The van der Waals surface area contributed by atoms with Crippen molar-refractivity contribution in [3.63, 3.8) is 0 Å². The number of aliphatic hydroxyl groups is 3. The lowest BCUT2D eigenvalue weighted by Gasteiger charge is -2.43. The van der Waals surface area contributed by atoms with Crippen LogP contribution < -0.4 is 5.73 Å². The van der Waals surface area contributed by atoms with Crippen LogP contribution in [0.15, 0.2) is 6.33 Å². The molecule has 2 aromatic rings. The van der Waals surface area contributed by atoms with E-state index in [4.69, 9.17) is 15.0 Å². The quantitative estimate of drug-likeness (QED) is 0.385. The number of imidazole rings is 1. The van der Waals surface area contributed by atoms with Crippen molar-refractivity contribution < 1.29 is 34.0 Å². The molecule has 30 heavy (non-hydrogen) atoms. The lowest BCUT2D eigenvalue weighted by molar-refractivity contribution is -0.108. The van der Waals surface area contributed by atoms with Gasteiger partial charge >= 0.3 is 7.60 Å². The molecular weight excluding hydrogens is 417 g/mol. The summed E-state index contributed by atoms with van der Waals surface area (Å²) in [5.74, 6) is -1.98. The Bertz CT molecular complexity index is 1020. The van der Waals surface area contributed by atoms with Crippen LogP contribution in [0.3, 0.4) is 0 Å². The van der Waals surface area contributed by atoms with E-state index in [0.717, 1.165) is 0 Å². The van der Waals surface area contributed by atoms with Crippen molar-refractivity contribution in [1.82, 2.24) is 19.5 Å². The van der Waals surface area contributed by atoms with Gasteiger partial charge in [-0.3, -0.25) is 13.7 Å². The predicted octanol–water partition coefficient (Wildman–Crippen LogP) is 0.224. The van der Waals surface area contributed by atoms with Gasteiger partial charge in [0.1, 0.15) is 30.5 Å². The lowest BCUT2D eigenvalue weighted by Crippen LogP contribution is -2.48. The molecule has 4 unspecified atom stereocenters. The minimum absolute atomic E-state index is 0.0201. The van der Waals surface area contributed by atoms with Gasteiger partial charge in [-0.25, -0.2) is 15.0 Å². The molecule has 0 amide bonds. The molecule has 166 valence electrons. The first-order chi connectivity index (χ1) is 14.1. The Hall–Kier alpha value is -1.66. The van der Waals surface area contributed by atoms with E-state index in [1.54, 1.807) is 20.8 Å². The third-order valence-electron chi connectivity index (χ3n) is 6.11. The van der Waals surface area contributed by atoms with Crippen molar-refractivity contribution >= 4 is 24.6 Å². The van der Waals surface area contributed by atoms with Crippen molar-refractivity contribution in [2.75, 3.05) is 5.73 Å². The monoisotopic (exact) mass is 443 g/mol. The fourth-order valence-electron chi connectivity index (χ4n) is 4.29. The maximum Gasteiger partial charge on any atom is 0.356 e. The highest BCUT2D eigenvalue weighted by atomic mass is 31.2. The minimum Gasteiger partial charge on any atom is -0.387 e. The van der Waals surface area contributed by atoms with Crippen LogP contribution in [-0.2, 0) is 13.8 Å². The summed E-state index contributed by atoms with van der Waals surface area (Å²) >= 11 is 0. The molecule has 0 aliphatic carbocycles. The van der Waals surface area contributed by atoms with Gasteiger partial charge in [0.2, 0.25) is 0 Å². The highest BCUT2D eigenvalue weighted by Crippen LogP contribution is 2.58. The van der Waals surface area contributed by atoms with Crippen molar-refractivity contribution in [3.05, 3.63) is 12.2 Å². The number of nitrogens with two attached hydrogens (primary N) is 1.